The number of nitrogens with zero attached hydrogens (tertiary/aromatic N) is 2. The second-order valence-electron chi connectivity index (χ2n) is 3.52. The third-order valence-corrected chi connectivity index (χ3v) is 2.53. The molecule has 1 unspecified atom stereocenters. The predicted octanol–water partition coefficient (Wildman–Crippen LogP) is 1.48. The zero-order chi connectivity index (χ0) is 11.5. The molecule has 0 amide bonds. The van der Waals surface area contributed by atoms with E-state index in [1.165, 1.54) is 0 Å². The van der Waals surface area contributed by atoms with Gasteiger partial charge in [-0.05, 0) is 5.56 Å². The van der Waals surface area contributed by atoms with Crippen LogP contribution in [0.2, 0.25) is 0 Å². The Labute approximate surface area is 94.4 Å². The van der Waals surface area contributed by atoms with Crippen LogP contribution in [0.5, 0.6) is 0 Å². The molecule has 80 valence electrons. The first-order chi connectivity index (χ1) is 7.74. The fraction of sp³-hybridized carbons (Fsp3) is 0.154. The third kappa shape index (κ3) is 1.71. The molecule has 3 heteroatoms. The standard InChI is InChI=1S/C13H12N2O/c1-3-11-9-14-13(15(11)2)12(16)10-7-5-4-6-8-10/h1,4-9,12,16H,2H3. The van der Waals surface area contributed by atoms with Gasteiger partial charge in [0.1, 0.15) is 17.6 Å². The molecule has 0 aliphatic carbocycles. The van der Waals surface area contributed by atoms with Gasteiger partial charge >= 0.3 is 0 Å². The number of hydrogen-bond acceptors (Lipinski definition) is 2. The van der Waals surface area contributed by atoms with Crippen molar-refractivity contribution in [3.8, 4) is 12.3 Å². The molecule has 0 spiro atoms. The highest BCUT2D eigenvalue weighted by molar-refractivity contribution is 5.29. The van der Waals surface area contributed by atoms with E-state index < -0.39 is 6.10 Å². The minimum Gasteiger partial charge on any atom is -0.380 e. The van der Waals surface area contributed by atoms with Crippen molar-refractivity contribution in [2.45, 2.75) is 6.10 Å². The Morgan fingerprint density at radius 2 is 2.06 bits per heavy atom. The predicted molar refractivity (Wildman–Crippen MR) is 61.6 cm³/mol. The lowest BCUT2D eigenvalue weighted by Gasteiger charge is -2.10. The second kappa shape index (κ2) is 4.21. The minimum atomic E-state index is -0.742. The highest BCUT2D eigenvalue weighted by Crippen LogP contribution is 2.20. The number of rotatable bonds is 2. The first kappa shape index (κ1) is 10.5. The molecule has 0 saturated heterocycles. The van der Waals surface area contributed by atoms with Gasteiger partial charge in [0.05, 0.1) is 6.20 Å². The van der Waals surface area contributed by atoms with E-state index in [1.807, 2.05) is 30.3 Å². The van der Waals surface area contributed by atoms with Crippen LogP contribution in [0.1, 0.15) is 23.2 Å². The number of terminal acetylenes is 1. The maximum atomic E-state index is 10.1. The molecule has 16 heavy (non-hydrogen) atoms. The molecule has 0 fully saturated rings. The number of aliphatic hydroxyl groups is 1. The molecule has 2 aromatic rings. The van der Waals surface area contributed by atoms with Gasteiger partial charge in [0.15, 0.2) is 0 Å². The van der Waals surface area contributed by atoms with Crippen LogP contribution in [-0.2, 0) is 7.05 Å². The summed E-state index contributed by atoms with van der Waals surface area (Å²) >= 11 is 0. The summed E-state index contributed by atoms with van der Waals surface area (Å²) in [6.07, 6.45) is 6.15. The van der Waals surface area contributed by atoms with E-state index in [9.17, 15) is 5.11 Å². The Morgan fingerprint density at radius 3 is 2.62 bits per heavy atom. The summed E-state index contributed by atoms with van der Waals surface area (Å²) in [5, 5.41) is 10.1. The number of aliphatic hydroxyl groups excluding tert-OH is 1. The van der Waals surface area contributed by atoms with Crippen LogP contribution in [0, 0.1) is 12.3 Å². The minimum absolute atomic E-state index is 0.555. The smallest absolute Gasteiger partial charge is 0.142 e. The number of imidazole rings is 1. The first-order valence-electron chi connectivity index (χ1n) is 4.95. The van der Waals surface area contributed by atoms with Crippen LogP contribution in [-0.4, -0.2) is 14.7 Å². The molecule has 3 nitrogen and oxygen atoms in total. The van der Waals surface area contributed by atoms with Crippen molar-refractivity contribution in [2.75, 3.05) is 0 Å². The van der Waals surface area contributed by atoms with Gasteiger partial charge in [-0.15, -0.1) is 6.42 Å². The van der Waals surface area contributed by atoms with Gasteiger partial charge in [0.25, 0.3) is 0 Å². The Morgan fingerprint density at radius 1 is 1.38 bits per heavy atom. The topological polar surface area (TPSA) is 38.1 Å². The maximum Gasteiger partial charge on any atom is 0.142 e. The summed E-state index contributed by atoms with van der Waals surface area (Å²) in [7, 11) is 1.80. The molecule has 0 bridgehead atoms. The van der Waals surface area contributed by atoms with E-state index in [0.29, 0.717) is 11.5 Å². The molecule has 2 rings (SSSR count). The largest absolute Gasteiger partial charge is 0.380 e. The van der Waals surface area contributed by atoms with Crippen LogP contribution in [0.25, 0.3) is 0 Å². The fourth-order valence-corrected chi connectivity index (χ4v) is 1.60. The highest BCUT2D eigenvalue weighted by atomic mass is 16.3. The van der Waals surface area contributed by atoms with Crippen molar-refractivity contribution in [3.05, 3.63) is 53.6 Å². The normalized spacial score (nSPS) is 12.1. The lowest BCUT2D eigenvalue weighted by atomic mass is 10.1. The van der Waals surface area contributed by atoms with Crippen molar-refractivity contribution < 1.29 is 5.11 Å². The zero-order valence-corrected chi connectivity index (χ0v) is 8.96. The quantitative estimate of drug-likeness (QED) is 0.766. The lowest BCUT2D eigenvalue weighted by molar-refractivity contribution is 0.206. The molecule has 0 radical (unpaired) electrons. The summed E-state index contributed by atoms with van der Waals surface area (Å²) < 4.78 is 1.72. The Hall–Kier alpha value is -2.05. The first-order valence-corrected chi connectivity index (χ1v) is 4.95. The highest BCUT2D eigenvalue weighted by Gasteiger charge is 2.16. The SMILES string of the molecule is C#Cc1cnc(C(O)c2ccccc2)n1C. The molecule has 1 aromatic heterocycles. The lowest BCUT2D eigenvalue weighted by Crippen LogP contribution is -2.08. The van der Waals surface area contributed by atoms with Gasteiger partial charge < -0.3 is 9.67 Å². The fourth-order valence-electron chi connectivity index (χ4n) is 1.60. The van der Waals surface area contributed by atoms with Crippen LogP contribution < -0.4 is 0 Å². The molecular formula is C13H12N2O. The summed E-state index contributed by atoms with van der Waals surface area (Å²) in [5.74, 6) is 3.07. The molecule has 0 saturated carbocycles. The monoisotopic (exact) mass is 212 g/mol. The van der Waals surface area contributed by atoms with Crippen LogP contribution in [0.15, 0.2) is 36.5 Å². The Bertz CT molecular complexity index is 523. The summed E-state index contributed by atoms with van der Waals surface area (Å²) in [6, 6.07) is 9.37. The van der Waals surface area contributed by atoms with Crippen molar-refractivity contribution >= 4 is 0 Å². The maximum absolute atomic E-state index is 10.1. The Balaban J connectivity index is 2.39. The number of aromatic nitrogens is 2. The molecular weight excluding hydrogens is 200 g/mol. The molecule has 1 atom stereocenters. The van der Waals surface area contributed by atoms with Crippen LogP contribution in [0.4, 0.5) is 0 Å². The van der Waals surface area contributed by atoms with Crippen molar-refractivity contribution in [2.24, 2.45) is 7.05 Å². The average Bonchev–Trinajstić information content (AvgIpc) is 2.70. The Kier molecular flexibility index (Phi) is 2.76. The van der Waals surface area contributed by atoms with Crippen LogP contribution in [0.3, 0.4) is 0 Å². The van der Waals surface area contributed by atoms with Gasteiger partial charge in [-0.3, -0.25) is 0 Å². The third-order valence-electron chi connectivity index (χ3n) is 2.53. The molecule has 0 aliphatic rings. The van der Waals surface area contributed by atoms with Gasteiger partial charge in [-0.2, -0.15) is 0 Å². The number of hydrogen-bond donors (Lipinski definition) is 1. The molecule has 1 aromatic carbocycles. The van der Waals surface area contributed by atoms with E-state index in [4.69, 9.17) is 6.42 Å². The van der Waals surface area contributed by atoms with E-state index in [1.54, 1.807) is 17.8 Å². The molecule has 1 N–H and O–H groups in total. The van der Waals surface area contributed by atoms with Gasteiger partial charge in [-0.1, -0.05) is 36.3 Å². The van der Waals surface area contributed by atoms with Gasteiger partial charge in [-0.25, -0.2) is 4.98 Å². The van der Waals surface area contributed by atoms with Crippen molar-refractivity contribution in [1.29, 1.82) is 0 Å². The summed E-state index contributed by atoms with van der Waals surface area (Å²) in [5.41, 5.74) is 1.46. The van der Waals surface area contributed by atoms with Crippen molar-refractivity contribution in [1.82, 2.24) is 9.55 Å². The summed E-state index contributed by atoms with van der Waals surface area (Å²) in [6.45, 7) is 0. The van der Waals surface area contributed by atoms with Crippen LogP contribution >= 0.6 is 0 Å². The van der Waals surface area contributed by atoms with Crippen molar-refractivity contribution in [3.63, 3.8) is 0 Å². The zero-order valence-electron chi connectivity index (χ0n) is 8.96. The van der Waals surface area contributed by atoms with E-state index in [-0.39, 0.29) is 0 Å². The van der Waals surface area contributed by atoms with Gasteiger partial charge in [0.2, 0.25) is 0 Å². The second-order valence-corrected chi connectivity index (χ2v) is 3.52. The molecule has 1 heterocycles. The van der Waals surface area contributed by atoms with E-state index >= 15 is 0 Å². The van der Waals surface area contributed by atoms with E-state index in [0.717, 1.165) is 5.56 Å². The van der Waals surface area contributed by atoms with Gasteiger partial charge in [0, 0.05) is 7.05 Å². The van der Waals surface area contributed by atoms with E-state index in [2.05, 4.69) is 10.9 Å². The summed E-state index contributed by atoms with van der Waals surface area (Å²) in [4.78, 5) is 4.13. The molecule has 0 aliphatic heterocycles. The number of benzene rings is 1. The average molecular weight is 212 g/mol.